The van der Waals surface area contributed by atoms with E-state index in [4.69, 9.17) is 4.74 Å². The summed E-state index contributed by atoms with van der Waals surface area (Å²) in [6.07, 6.45) is 15.0. The maximum absolute atomic E-state index is 15.3. The summed E-state index contributed by atoms with van der Waals surface area (Å²) in [6.45, 7) is 4.53. The van der Waals surface area contributed by atoms with Crippen molar-refractivity contribution >= 4 is 0 Å². The van der Waals surface area contributed by atoms with Gasteiger partial charge < -0.3 is 4.74 Å². The zero-order valence-electron chi connectivity index (χ0n) is 22.8. The van der Waals surface area contributed by atoms with Crippen molar-refractivity contribution in [3.63, 3.8) is 0 Å². The first-order valence-corrected chi connectivity index (χ1v) is 14.9. The molecular weight excluding hydrogens is 469 g/mol. The number of hydrogen-bond donors (Lipinski definition) is 0. The van der Waals surface area contributed by atoms with Gasteiger partial charge in [-0.15, -0.1) is 0 Å². The molecule has 204 valence electrons. The first kappa shape index (κ1) is 28.0. The lowest BCUT2D eigenvalue weighted by molar-refractivity contribution is 0.294. The van der Waals surface area contributed by atoms with Crippen LogP contribution in [0.15, 0.2) is 30.3 Å². The van der Waals surface area contributed by atoms with Crippen LogP contribution in [0.5, 0.6) is 5.75 Å². The van der Waals surface area contributed by atoms with Gasteiger partial charge in [-0.1, -0.05) is 50.8 Å². The highest BCUT2D eigenvalue weighted by Crippen LogP contribution is 2.42. The molecule has 0 radical (unpaired) electrons. The topological polar surface area (TPSA) is 9.23 Å². The predicted molar refractivity (Wildman–Crippen MR) is 146 cm³/mol. The Hall–Kier alpha value is -1.97. The van der Waals surface area contributed by atoms with E-state index in [0.717, 1.165) is 75.7 Å². The van der Waals surface area contributed by atoms with Gasteiger partial charge in [-0.05, 0) is 124 Å². The lowest BCUT2D eigenvalue weighted by atomic mass is 9.75. The molecule has 37 heavy (non-hydrogen) atoms. The van der Waals surface area contributed by atoms with Gasteiger partial charge in [0, 0.05) is 0 Å². The molecule has 2 aromatic carbocycles. The number of halogens is 3. The van der Waals surface area contributed by atoms with E-state index >= 15 is 8.78 Å². The smallest absolute Gasteiger partial charge is 0.165 e. The van der Waals surface area contributed by atoms with Crippen molar-refractivity contribution in [2.75, 3.05) is 6.61 Å². The van der Waals surface area contributed by atoms with Gasteiger partial charge >= 0.3 is 0 Å². The van der Waals surface area contributed by atoms with Crippen molar-refractivity contribution in [3.05, 3.63) is 64.5 Å². The van der Waals surface area contributed by atoms with Crippen LogP contribution in [-0.2, 0) is 6.42 Å². The molecular formula is C33H45F3O. The minimum atomic E-state index is -0.601. The van der Waals surface area contributed by atoms with Crippen LogP contribution in [0.3, 0.4) is 0 Å². The SMILES string of the molecule is CCCCCC1CCC(c2ccc(C3CCC(CCc4ccc(OCC)c(F)c4)CC3)c(F)c2F)CC1. The quantitative estimate of drug-likeness (QED) is 0.271. The molecule has 2 aliphatic carbocycles. The normalized spacial score (nSPS) is 24.2. The van der Waals surface area contributed by atoms with Crippen molar-refractivity contribution in [3.8, 4) is 5.75 Å². The van der Waals surface area contributed by atoms with Crippen molar-refractivity contribution in [2.24, 2.45) is 11.8 Å². The van der Waals surface area contributed by atoms with Crippen molar-refractivity contribution in [1.82, 2.24) is 0 Å². The highest BCUT2D eigenvalue weighted by molar-refractivity contribution is 5.32. The monoisotopic (exact) mass is 514 g/mol. The van der Waals surface area contributed by atoms with E-state index in [-0.39, 0.29) is 17.7 Å². The summed E-state index contributed by atoms with van der Waals surface area (Å²) in [5.74, 6) is 0.379. The molecule has 4 rings (SSSR count). The zero-order valence-corrected chi connectivity index (χ0v) is 22.8. The third-order valence-electron chi connectivity index (χ3n) is 9.07. The molecule has 1 nitrogen and oxygen atoms in total. The lowest BCUT2D eigenvalue weighted by Gasteiger charge is -2.31. The molecule has 0 amide bonds. The van der Waals surface area contributed by atoms with E-state index in [2.05, 4.69) is 6.92 Å². The van der Waals surface area contributed by atoms with E-state index in [1.165, 1.54) is 25.7 Å². The molecule has 0 bridgehead atoms. The fourth-order valence-electron chi connectivity index (χ4n) is 6.76. The molecule has 4 heteroatoms. The highest BCUT2D eigenvalue weighted by atomic mass is 19.2. The number of hydrogen-bond acceptors (Lipinski definition) is 1. The Morgan fingerprint density at radius 3 is 1.78 bits per heavy atom. The van der Waals surface area contributed by atoms with Crippen LogP contribution in [0.25, 0.3) is 0 Å². The van der Waals surface area contributed by atoms with Crippen LogP contribution < -0.4 is 4.74 Å². The van der Waals surface area contributed by atoms with E-state index < -0.39 is 11.6 Å². The van der Waals surface area contributed by atoms with Crippen molar-refractivity contribution < 1.29 is 17.9 Å². The fraction of sp³-hybridized carbons (Fsp3) is 0.636. The van der Waals surface area contributed by atoms with Gasteiger partial charge in [-0.25, -0.2) is 13.2 Å². The number of rotatable bonds is 11. The summed E-state index contributed by atoms with van der Waals surface area (Å²) in [7, 11) is 0. The summed E-state index contributed by atoms with van der Waals surface area (Å²) in [5.41, 5.74) is 2.16. The summed E-state index contributed by atoms with van der Waals surface area (Å²) < 4.78 is 49.9. The van der Waals surface area contributed by atoms with Crippen LogP contribution in [0.1, 0.15) is 126 Å². The van der Waals surface area contributed by atoms with E-state index in [1.807, 2.05) is 25.1 Å². The second kappa shape index (κ2) is 13.7. The molecule has 2 aromatic rings. The van der Waals surface area contributed by atoms with Crippen LogP contribution in [0, 0.1) is 29.3 Å². The van der Waals surface area contributed by atoms with Gasteiger partial charge in [0.05, 0.1) is 6.61 Å². The standard InChI is InChI=1S/C33H45F3O/c1-3-5-6-7-23-10-15-26(16-11-23)28-19-20-29(33(36)32(28)35)27-17-12-24(13-18-27)8-9-25-14-21-31(37-4-2)30(34)22-25/h14,19-24,26-27H,3-13,15-18H2,1-2H3. The molecule has 2 aliphatic rings. The Bertz CT molecular complexity index is 987. The molecule has 0 heterocycles. The first-order chi connectivity index (χ1) is 18.0. The van der Waals surface area contributed by atoms with Gasteiger partial charge in [0.25, 0.3) is 0 Å². The Labute approximate surface area is 222 Å². The average Bonchev–Trinajstić information content (AvgIpc) is 2.91. The van der Waals surface area contributed by atoms with E-state index in [1.54, 1.807) is 12.1 Å². The van der Waals surface area contributed by atoms with Crippen LogP contribution in [0.4, 0.5) is 13.2 Å². The molecule has 0 aliphatic heterocycles. The number of ether oxygens (including phenoxy) is 1. The molecule has 2 saturated carbocycles. The molecule has 0 saturated heterocycles. The third kappa shape index (κ3) is 7.33. The molecule has 0 unspecified atom stereocenters. The zero-order chi connectivity index (χ0) is 26.2. The minimum absolute atomic E-state index is 0.0945. The fourth-order valence-corrected chi connectivity index (χ4v) is 6.76. The number of aryl methyl sites for hydroxylation is 1. The van der Waals surface area contributed by atoms with Gasteiger partial charge in [-0.3, -0.25) is 0 Å². The van der Waals surface area contributed by atoms with Gasteiger partial charge in [0.15, 0.2) is 23.2 Å². The predicted octanol–water partition coefficient (Wildman–Crippen LogP) is 10.3. The molecule has 0 aromatic heterocycles. The minimum Gasteiger partial charge on any atom is -0.491 e. The maximum Gasteiger partial charge on any atom is 0.165 e. The maximum atomic E-state index is 15.3. The summed E-state index contributed by atoms with van der Waals surface area (Å²) >= 11 is 0. The Morgan fingerprint density at radius 1 is 0.703 bits per heavy atom. The summed E-state index contributed by atoms with van der Waals surface area (Å²) in [6, 6.07) is 9.01. The third-order valence-corrected chi connectivity index (χ3v) is 9.07. The molecule has 0 N–H and O–H groups in total. The van der Waals surface area contributed by atoms with Crippen LogP contribution in [-0.4, -0.2) is 6.61 Å². The second-order valence-corrected chi connectivity index (χ2v) is 11.5. The Kier molecular flexibility index (Phi) is 10.4. The Morgan fingerprint density at radius 2 is 1.27 bits per heavy atom. The largest absolute Gasteiger partial charge is 0.491 e. The number of benzene rings is 2. The van der Waals surface area contributed by atoms with Gasteiger partial charge in [0.1, 0.15) is 0 Å². The van der Waals surface area contributed by atoms with Crippen molar-refractivity contribution in [1.29, 1.82) is 0 Å². The van der Waals surface area contributed by atoms with E-state index in [0.29, 0.717) is 29.4 Å². The molecule has 2 fully saturated rings. The first-order valence-electron chi connectivity index (χ1n) is 14.9. The van der Waals surface area contributed by atoms with Gasteiger partial charge in [0.2, 0.25) is 0 Å². The van der Waals surface area contributed by atoms with Crippen molar-refractivity contribution in [2.45, 2.75) is 116 Å². The lowest BCUT2D eigenvalue weighted by Crippen LogP contribution is -2.17. The molecule has 0 spiro atoms. The summed E-state index contributed by atoms with van der Waals surface area (Å²) in [5, 5.41) is 0. The second-order valence-electron chi connectivity index (χ2n) is 11.5. The summed E-state index contributed by atoms with van der Waals surface area (Å²) in [4.78, 5) is 0. The average molecular weight is 515 g/mol. The van der Waals surface area contributed by atoms with Gasteiger partial charge in [-0.2, -0.15) is 0 Å². The molecule has 0 atom stereocenters. The van der Waals surface area contributed by atoms with Crippen LogP contribution >= 0.6 is 0 Å². The number of unbranched alkanes of at least 4 members (excludes halogenated alkanes) is 2. The van der Waals surface area contributed by atoms with Crippen LogP contribution in [0.2, 0.25) is 0 Å². The Balaban J connectivity index is 1.27. The van der Waals surface area contributed by atoms with E-state index in [9.17, 15) is 4.39 Å². The highest BCUT2D eigenvalue weighted by Gasteiger charge is 2.29.